The molecule has 7 heteroatoms. The summed E-state index contributed by atoms with van der Waals surface area (Å²) in [6, 6.07) is 3.15. The minimum absolute atomic E-state index is 0.0198. The highest BCUT2D eigenvalue weighted by Crippen LogP contribution is 2.15. The van der Waals surface area contributed by atoms with Crippen LogP contribution in [0.2, 0.25) is 0 Å². The van der Waals surface area contributed by atoms with Crippen molar-refractivity contribution in [3.63, 3.8) is 0 Å². The van der Waals surface area contributed by atoms with Gasteiger partial charge in [-0.15, -0.1) is 0 Å². The van der Waals surface area contributed by atoms with Gasteiger partial charge in [0, 0.05) is 18.8 Å². The lowest BCUT2D eigenvalue weighted by atomic mass is 10.1. The van der Waals surface area contributed by atoms with Crippen LogP contribution in [0.25, 0.3) is 0 Å². The normalized spacial score (nSPS) is 13.5. The van der Waals surface area contributed by atoms with Gasteiger partial charge in [0.15, 0.2) is 21.5 Å². The summed E-state index contributed by atoms with van der Waals surface area (Å²) in [5.41, 5.74) is 0.241. The number of aliphatic hydroxyl groups is 1. The first-order chi connectivity index (χ1) is 8.85. The lowest BCUT2D eigenvalue weighted by molar-refractivity contribution is 0.175. The van der Waals surface area contributed by atoms with Crippen molar-refractivity contribution in [1.82, 2.24) is 5.32 Å². The zero-order chi connectivity index (χ0) is 14.5. The molecule has 0 saturated heterocycles. The quantitative estimate of drug-likeness (QED) is 0.737. The number of rotatable bonds is 7. The van der Waals surface area contributed by atoms with Crippen molar-refractivity contribution in [2.75, 3.05) is 24.6 Å². The highest BCUT2D eigenvalue weighted by atomic mass is 32.2. The number of hydrogen-bond donors (Lipinski definition) is 2. The first kappa shape index (κ1) is 16.0. The maximum atomic E-state index is 12.9. The molecule has 1 atom stereocenters. The summed E-state index contributed by atoms with van der Waals surface area (Å²) in [7, 11) is -3.05. The number of sulfone groups is 1. The molecule has 0 aromatic heterocycles. The first-order valence-corrected chi connectivity index (χ1v) is 7.72. The van der Waals surface area contributed by atoms with E-state index in [1.165, 1.54) is 6.07 Å². The van der Waals surface area contributed by atoms with Gasteiger partial charge in [-0.2, -0.15) is 0 Å². The standard InChI is InChI=1S/C12H17F2NO3S/c1-2-19(17,18)6-5-15-8-12(16)9-3-4-10(13)11(14)7-9/h3-4,7,12,15-16H,2,5-6,8H2,1H3. The summed E-state index contributed by atoms with van der Waals surface area (Å²) < 4.78 is 48.0. The zero-order valence-corrected chi connectivity index (χ0v) is 11.4. The fourth-order valence-corrected chi connectivity index (χ4v) is 2.19. The fraction of sp³-hybridized carbons (Fsp3) is 0.500. The van der Waals surface area contributed by atoms with E-state index in [2.05, 4.69) is 5.32 Å². The summed E-state index contributed by atoms with van der Waals surface area (Å²) in [5.74, 6) is -1.95. The molecule has 108 valence electrons. The second kappa shape index (κ2) is 6.93. The monoisotopic (exact) mass is 293 g/mol. The van der Waals surface area contributed by atoms with Crippen LogP contribution in [0.5, 0.6) is 0 Å². The fourth-order valence-electron chi connectivity index (χ4n) is 1.45. The molecule has 0 heterocycles. The van der Waals surface area contributed by atoms with Crippen molar-refractivity contribution in [2.24, 2.45) is 0 Å². The molecule has 0 aliphatic carbocycles. The van der Waals surface area contributed by atoms with Gasteiger partial charge in [0.1, 0.15) is 0 Å². The molecule has 1 aromatic rings. The molecule has 0 spiro atoms. The van der Waals surface area contributed by atoms with Crippen LogP contribution in [0.3, 0.4) is 0 Å². The Hall–Kier alpha value is -1.05. The Morgan fingerprint density at radius 2 is 2.00 bits per heavy atom. The summed E-state index contributed by atoms with van der Waals surface area (Å²) in [6.07, 6.45) is -1.01. The Morgan fingerprint density at radius 1 is 1.32 bits per heavy atom. The number of benzene rings is 1. The van der Waals surface area contributed by atoms with E-state index in [-0.39, 0.29) is 30.2 Å². The molecule has 0 bridgehead atoms. The van der Waals surface area contributed by atoms with Crippen LogP contribution in [-0.2, 0) is 9.84 Å². The van der Waals surface area contributed by atoms with Crippen molar-refractivity contribution in [1.29, 1.82) is 0 Å². The third-order valence-electron chi connectivity index (χ3n) is 2.70. The van der Waals surface area contributed by atoms with Gasteiger partial charge in [0.05, 0.1) is 11.9 Å². The van der Waals surface area contributed by atoms with Crippen LogP contribution in [0.1, 0.15) is 18.6 Å². The largest absolute Gasteiger partial charge is 0.387 e. The summed E-state index contributed by atoms with van der Waals surface area (Å²) in [6.45, 7) is 1.84. The predicted molar refractivity (Wildman–Crippen MR) is 68.5 cm³/mol. The maximum absolute atomic E-state index is 12.9. The van der Waals surface area contributed by atoms with E-state index in [9.17, 15) is 22.3 Å². The second-order valence-electron chi connectivity index (χ2n) is 4.13. The molecule has 1 aromatic carbocycles. The van der Waals surface area contributed by atoms with Gasteiger partial charge in [-0.3, -0.25) is 0 Å². The lowest BCUT2D eigenvalue weighted by Gasteiger charge is -2.12. The minimum Gasteiger partial charge on any atom is -0.387 e. The molecule has 4 nitrogen and oxygen atoms in total. The summed E-state index contributed by atoms with van der Waals surface area (Å²) in [4.78, 5) is 0. The Kier molecular flexibility index (Phi) is 5.84. The smallest absolute Gasteiger partial charge is 0.159 e. The van der Waals surface area contributed by atoms with E-state index >= 15 is 0 Å². The van der Waals surface area contributed by atoms with E-state index in [1.807, 2.05) is 0 Å². The van der Waals surface area contributed by atoms with Crippen LogP contribution >= 0.6 is 0 Å². The van der Waals surface area contributed by atoms with E-state index in [0.717, 1.165) is 12.1 Å². The average molecular weight is 293 g/mol. The first-order valence-electron chi connectivity index (χ1n) is 5.90. The molecule has 0 fully saturated rings. The molecule has 19 heavy (non-hydrogen) atoms. The molecular weight excluding hydrogens is 276 g/mol. The minimum atomic E-state index is -3.05. The highest BCUT2D eigenvalue weighted by Gasteiger charge is 2.11. The van der Waals surface area contributed by atoms with Crippen LogP contribution in [-0.4, -0.2) is 38.1 Å². The van der Waals surface area contributed by atoms with Crippen molar-refractivity contribution in [3.8, 4) is 0 Å². The van der Waals surface area contributed by atoms with Gasteiger partial charge in [-0.25, -0.2) is 17.2 Å². The highest BCUT2D eigenvalue weighted by molar-refractivity contribution is 7.91. The average Bonchev–Trinajstić information content (AvgIpc) is 2.37. The van der Waals surface area contributed by atoms with Crippen LogP contribution in [0.15, 0.2) is 18.2 Å². The Balaban J connectivity index is 2.43. The molecule has 0 radical (unpaired) electrons. The predicted octanol–water partition coefficient (Wildman–Crippen LogP) is 1.02. The molecule has 0 saturated carbocycles. The summed E-state index contributed by atoms with van der Waals surface area (Å²) >= 11 is 0. The third-order valence-corrected chi connectivity index (χ3v) is 4.40. The topological polar surface area (TPSA) is 66.4 Å². The van der Waals surface area contributed by atoms with Gasteiger partial charge in [0.2, 0.25) is 0 Å². The van der Waals surface area contributed by atoms with E-state index < -0.39 is 27.6 Å². The van der Waals surface area contributed by atoms with Crippen molar-refractivity contribution in [3.05, 3.63) is 35.4 Å². The summed E-state index contributed by atoms with van der Waals surface area (Å²) in [5, 5.41) is 12.5. The molecule has 0 aliphatic heterocycles. The van der Waals surface area contributed by atoms with Gasteiger partial charge in [0.25, 0.3) is 0 Å². The van der Waals surface area contributed by atoms with Gasteiger partial charge < -0.3 is 10.4 Å². The van der Waals surface area contributed by atoms with Gasteiger partial charge >= 0.3 is 0 Å². The Morgan fingerprint density at radius 3 is 2.58 bits per heavy atom. The Labute approximate surface area is 111 Å². The van der Waals surface area contributed by atoms with Crippen LogP contribution < -0.4 is 5.32 Å². The molecule has 2 N–H and O–H groups in total. The van der Waals surface area contributed by atoms with Crippen molar-refractivity contribution < 1.29 is 22.3 Å². The lowest BCUT2D eigenvalue weighted by Crippen LogP contribution is -2.27. The van der Waals surface area contributed by atoms with E-state index in [0.29, 0.717) is 0 Å². The molecular formula is C12H17F2NO3S. The number of hydrogen-bond acceptors (Lipinski definition) is 4. The number of nitrogens with one attached hydrogen (secondary N) is 1. The molecule has 1 unspecified atom stereocenters. The van der Waals surface area contributed by atoms with Crippen molar-refractivity contribution in [2.45, 2.75) is 13.0 Å². The second-order valence-corrected chi connectivity index (χ2v) is 6.60. The van der Waals surface area contributed by atoms with E-state index in [1.54, 1.807) is 6.92 Å². The number of aliphatic hydroxyl groups excluding tert-OH is 1. The Bertz CT molecular complexity index is 520. The van der Waals surface area contributed by atoms with E-state index in [4.69, 9.17) is 0 Å². The third kappa shape index (κ3) is 5.22. The zero-order valence-electron chi connectivity index (χ0n) is 10.6. The molecule has 0 amide bonds. The number of halogens is 2. The molecule has 1 rings (SSSR count). The maximum Gasteiger partial charge on any atom is 0.159 e. The van der Waals surface area contributed by atoms with Crippen LogP contribution in [0.4, 0.5) is 8.78 Å². The van der Waals surface area contributed by atoms with Gasteiger partial charge in [-0.1, -0.05) is 13.0 Å². The van der Waals surface area contributed by atoms with Crippen molar-refractivity contribution >= 4 is 9.84 Å². The SMILES string of the molecule is CCS(=O)(=O)CCNCC(O)c1ccc(F)c(F)c1. The molecule has 0 aliphatic rings. The van der Waals surface area contributed by atoms with Gasteiger partial charge in [-0.05, 0) is 17.7 Å². The van der Waals surface area contributed by atoms with Crippen LogP contribution in [0, 0.1) is 11.6 Å².